The van der Waals surface area contributed by atoms with E-state index in [4.69, 9.17) is 9.72 Å². The number of aromatic amines is 1. The van der Waals surface area contributed by atoms with Gasteiger partial charge in [-0.15, -0.1) is 0 Å². The summed E-state index contributed by atoms with van der Waals surface area (Å²) in [6, 6.07) is 7.41. The van der Waals surface area contributed by atoms with Gasteiger partial charge < -0.3 is 9.72 Å². The molecule has 128 valence electrons. The standard InChI is InChI=1S/C20H21N3O2/c1-25-17-7-6-15(16(24)12-13-8-10-21-11-9-13)18-19(17)23-20(22-18)14-4-2-3-5-14/h6-11,14H,2-5,12H2,1H3,(H,22,23). The number of nitrogens with one attached hydrogen (secondary N) is 1. The molecule has 1 saturated carbocycles. The van der Waals surface area contributed by atoms with Crippen LogP contribution in [0.2, 0.25) is 0 Å². The van der Waals surface area contributed by atoms with E-state index < -0.39 is 0 Å². The fourth-order valence-electron chi connectivity index (χ4n) is 3.66. The molecule has 1 fully saturated rings. The normalized spacial score (nSPS) is 14.9. The van der Waals surface area contributed by atoms with Crippen molar-refractivity contribution < 1.29 is 9.53 Å². The van der Waals surface area contributed by atoms with Gasteiger partial charge in [-0.3, -0.25) is 9.78 Å². The molecule has 0 amide bonds. The highest BCUT2D eigenvalue weighted by atomic mass is 16.5. The summed E-state index contributed by atoms with van der Waals surface area (Å²) in [5.74, 6) is 2.23. The van der Waals surface area contributed by atoms with Crippen LogP contribution in [0.1, 0.15) is 53.3 Å². The Morgan fingerprint density at radius 1 is 1.20 bits per heavy atom. The van der Waals surface area contributed by atoms with Crippen LogP contribution in [-0.4, -0.2) is 27.8 Å². The monoisotopic (exact) mass is 335 g/mol. The molecule has 0 spiro atoms. The van der Waals surface area contributed by atoms with E-state index in [1.165, 1.54) is 12.8 Å². The molecule has 0 bridgehead atoms. The maximum absolute atomic E-state index is 12.8. The number of rotatable bonds is 5. The van der Waals surface area contributed by atoms with E-state index in [2.05, 4.69) is 9.97 Å². The highest BCUT2D eigenvalue weighted by Gasteiger charge is 2.23. The Labute approximate surface area is 146 Å². The minimum absolute atomic E-state index is 0.0586. The van der Waals surface area contributed by atoms with E-state index in [0.29, 0.717) is 17.9 Å². The van der Waals surface area contributed by atoms with Crippen LogP contribution >= 0.6 is 0 Å². The molecule has 5 heteroatoms. The number of Topliss-reactive ketones (excluding diaryl/α,β-unsaturated/α-hetero) is 1. The van der Waals surface area contributed by atoms with Crippen molar-refractivity contribution in [3.05, 3.63) is 53.6 Å². The zero-order valence-corrected chi connectivity index (χ0v) is 14.3. The Bertz CT molecular complexity index is 896. The van der Waals surface area contributed by atoms with Gasteiger partial charge in [0.2, 0.25) is 0 Å². The van der Waals surface area contributed by atoms with Crippen LogP contribution < -0.4 is 4.74 Å². The van der Waals surface area contributed by atoms with Crippen molar-refractivity contribution in [1.82, 2.24) is 15.0 Å². The van der Waals surface area contributed by atoms with Crippen molar-refractivity contribution in [3.63, 3.8) is 0 Å². The summed E-state index contributed by atoms with van der Waals surface area (Å²) in [4.78, 5) is 25.1. The highest BCUT2D eigenvalue weighted by molar-refractivity contribution is 6.08. The quantitative estimate of drug-likeness (QED) is 0.714. The van der Waals surface area contributed by atoms with E-state index >= 15 is 0 Å². The minimum Gasteiger partial charge on any atom is -0.494 e. The highest BCUT2D eigenvalue weighted by Crippen LogP contribution is 2.36. The van der Waals surface area contributed by atoms with Crippen LogP contribution in [0, 0.1) is 0 Å². The third-order valence-electron chi connectivity index (χ3n) is 5.00. The van der Waals surface area contributed by atoms with Gasteiger partial charge >= 0.3 is 0 Å². The fourth-order valence-corrected chi connectivity index (χ4v) is 3.66. The molecule has 5 nitrogen and oxygen atoms in total. The summed E-state index contributed by atoms with van der Waals surface area (Å²) in [6.07, 6.45) is 8.55. The molecule has 1 aliphatic carbocycles. The van der Waals surface area contributed by atoms with Crippen LogP contribution in [-0.2, 0) is 6.42 Å². The number of hydrogen-bond acceptors (Lipinski definition) is 4. The molecule has 1 aromatic carbocycles. The molecule has 1 aliphatic rings. The van der Waals surface area contributed by atoms with E-state index in [9.17, 15) is 4.79 Å². The second-order valence-electron chi connectivity index (χ2n) is 6.60. The lowest BCUT2D eigenvalue weighted by atomic mass is 10.0. The molecule has 0 atom stereocenters. The van der Waals surface area contributed by atoms with Crippen LogP contribution in [0.15, 0.2) is 36.7 Å². The molecule has 2 aromatic heterocycles. The van der Waals surface area contributed by atoms with Gasteiger partial charge in [-0.05, 0) is 42.7 Å². The number of methoxy groups -OCH3 is 1. The lowest BCUT2D eigenvalue weighted by Gasteiger charge is -2.05. The first-order chi connectivity index (χ1) is 12.3. The Kier molecular flexibility index (Phi) is 4.22. The number of nitrogens with zero attached hydrogens (tertiary/aromatic N) is 2. The number of aromatic nitrogens is 3. The fraction of sp³-hybridized carbons (Fsp3) is 0.350. The van der Waals surface area contributed by atoms with Crippen LogP contribution in [0.5, 0.6) is 5.75 Å². The predicted molar refractivity (Wildman–Crippen MR) is 96.1 cm³/mol. The van der Waals surface area contributed by atoms with Gasteiger partial charge in [0.25, 0.3) is 0 Å². The Morgan fingerprint density at radius 2 is 1.96 bits per heavy atom. The molecule has 0 saturated heterocycles. The molecule has 0 unspecified atom stereocenters. The van der Waals surface area contributed by atoms with Gasteiger partial charge in [0.05, 0.1) is 7.11 Å². The van der Waals surface area contributed by atoms with Crippen molar-refractivity contribution >= 4 is 16.8 Å². The number of carbonyl (C=O) groups excluding carboxylic acids is 1. The average molecular weight is 335 g/mol. The Hall–Kier alpha value is -2.69. The summed E-state index contributed by atoms with van der Waals surface area (Å²) in [7, 11) is 1.64. The van der Waals surface area contributed by atoms with Gasteiger partial charge in [0.1, 0.15) is 22.6 Å². The maximum Gasteiger partial charge on any atom is 0.169 e. The van der Waals surface area contributed by atoms with Crippen LogP contribution in [0.4, 0.5) is 0 Å². The molecule has 0 radical (unpaired) electrons. The molecule has 4 rings (SSSR count). The zero-order chi connectivity index (χ0) is 17.2. The van der Waals surface area contributed by atoms with E-state index in [1.54, 1.807) is 19.5 Å². The van der Waals surface area contributed by atoms with Crippen molar-refractivity contribution in [2.75, 3.05) is 7.11 Å². The SMILES string of the molecule is COc1ccc(C(=O)Cc2ccncc2)c2nc(C3CCCC3)[nH]c12. The zero-order valence-electron chi connectivity index (χ0n) is 14.3. The summed E-state index contributed by atoms with van der Waals surface area (Å²) >= 11 is 0. The van der Waals surface area contributed by atoms with Crippen molar-refractivity contribution in [1.29, 1.82) is 0 Å². The number of pyridine rings is 1. The van der Waals surface area contributed by atoms with Gasteiger partial charge in [0.15, 0.2) is 5.78 Å². The minimum atomic E-state index is 0.0586. The van der Waals surface area contributed by atoms with Crippen LogP contribution in [0.3, 0.4) is 0 Å². The lowest BCUT2D eigenvalue weighted by molar-refractivity contribution is 0.0994. The third-order valence-corrected chi connectivity index (χ3v) is 5.00. The second-order valence-corrected chi connectivity index (χ2v) is 6.60. The van der Waals surface area contributed by atoms with Crippen LogP contribution in [0.25, 0.3) is 11.0 Å². The Balaban J connectivity index is 1.74. The van der Waals surface area contributed by atoms with E-state index in [-0.39, 0.29) is 5.78 Å². The number of benzene rings is 1. The first kappa shape index (κ1) is 15.8. The largest absolute Gasteiger partial charge is 0.494 e. The number of fused-ring (bicyclic) bond motifs is 1. The summed E-state index contributed by atoms with van der Waals surface area (Å²) in [5.41, 5.74) is 3.15. The Morgan fingerprint density at radius 3 is 2.68 bits per heavy atom. The molecule has 2 heterocycles. The van der Waals surface area contributed by atoms with Gasteiger partial charge in [-0.1, -0.05) is 12.8 Å². The second kappa shape index (κ2) is 6.67. The smallest absolute Gasteiger partial charge is 0.169 e. The summed E-state index contributed by atoms with van der Waals surface area (Å²) in [6.45, 7) is 0. The molecule has 1 N–H and O–H groups in total. The lowest BCUT2D eigenvalue weighted by Crippen LogP contribution is -2.05. The molecule has 0 aliphatic heterocycles. The predicted octanol–water partition coefficient (Wildman–Crippen LogP) is 4.05. The summed E-state index contributed by atoms with van der Waals surface area (Å²) in [5, 5.41) is 0. The number of H-pyrrole nitrogens is 1. The summed E-state index contributed by atoms with van der Waals surface area (Å²) < 4.78 is 5.47. The number of ether oxygens (including phenoxy) is 1. The van der Waals surface area contributed by atoms with Gasteiger partial charge in [0, 0.05) is 30.3 Å². The average Bonchev–Trinajstić information content (AvgIpc) is 3.31. The molecular weight excluding hydrogens is 314 g/mol. The topological polar surface area (TPSA) is 67.9 Å². The first-order valence-corrected chi connectivity index (χ1v) is 8.75. The van der Waals surface area contributed by atoms with Gasteiger partial charge in [-0.2, -0.15) is 0 Å². The van der Waals surface area contributed by atoms with E-state index in [1.807, 2.05) is 24.3 Å². The maximum atomic E-state index is 12.8. The molecular formula is C20H21N3O2. The number of ketones is 1. The van der Waals surface area contributed by atoms with Crippen molar-refractivity contribution in [2.45, 2.75) is 38.0 Å². The third kappa shape index (κ3) is 3.02. The molecule has 25 heavy (non-hydrogen) atoms. The van der Waals surface area contributed by atoms with E-state index in [0.717, 1.165) is 41.0 Å². The van der Waals surface area contributed by atoms with Gasteiger partial charge in [-0.25, -0.2) is 4.98 Å². The van der Waals surface area contributed by atoms with Crippen molar-refractivity contribution in [3.8, 4) is 5.75 Å². The molecule has 3 aromatic rings. The van der Waals surface area contributed by atoms with Crippen molar-refractivity contribution in [2.24, 2.45) is 0 Å². The number of hydrogen-bond donors (Lipinski definition) is 1. The first-order valence-electron chi connectivity index (χ1n) is 8.75. The number of imidazole rings is 1. The number of carbonyl (C=O) groups is 1.